The molecule has 0 bridgehead atoms. The van der Waals surface area contributed by atoms with Crippen LogP contribution in [0.25, 0.3) is 0 Å². The number of benzene rings is 1. The number of anilines is 1. The van der Waals surface area contributed by atoms with Gasteiger partial charge in [-0.15, -0.1) is 11.3 Å². The minimum absolute atomic E-state index is 0.0366. The minimum atomic E-state index is -3.83. The van der Waals surface area contributed by atoms with Crippen molar-refractivity contribution in [2.75, 3.05) is 11.4 Å². The monoisotopic (exact) mass is 436 g/mol. The van der Waals surface area contributed by atoms with Crippen LogP contribution in [0.5, 0.6) is 0 Å². The van der Waals surface area contributed by atoms with Crippen molar-refractivity contribution in [1.29, 1.82) is 0 Å². The maximum absolute atomic E-state index is 13.1. The van der Waals surface area contributed by atoms with Crippen molar-refractivity contribution in [1.82, 2.24) is 14.8 Å². The average molecular weight is 437 g/mol. The second-order valence-corrected chi connectivity index (χ2v) is 10.3. The average Bonchev–Trinajstić information content (AvgIpc) is 3.21. The largest absolute Gasteiger partial charge is 0.270 e. The van der Waals surface area contributed by atoms with E-state index in [9.17, 15) is 8.42 Å². The van der Waals surface area contributed by atoms with Crippen molar-refractivity contribution in [2.45, 2.75) is 37.0 Å². The van der Waals surface area contributed by atoms with Gasteiger partial charge in [-0.25, -0.2) is 17.7 Å². The maximum atomic E-state index is 13.1. The van der Waals surface area contributed by atoms with Gasteiger partial charge in [-0.3, -0.25) is 4.68 Å². The van der Waals surface area contributed by atoms with Gasteiger partial charge >= 0.3 is 0 Å². The number of hydrogen-bond acceptors (Lipinski definition) is 5. The molecule has 1 aliphatic rings. The molecule has 0 spiro atoms. The Bertz CT molecular complexity index is 1120. The van der Waals surface area contributed by atoms with Crippen molar-refractivity contribution >= 4 is 38.1 Å². The summed E-state index contributed by atoms with van der Waals surface area (Å²) in [5.41, 5.74) is 2.70. The molecule has 0 fully saturated rings. The molecular formula is C19H21ClN4O2S2. The van der Waals surface area contributed by atoms with Crippen LogP contribution in [-0.2, 0) is 29.9 Å². The highest BCUT2D eigenvalue weighted by Gasteiger charge is 2.33. The van der Waals surface area contributed by atoms with Crippen LogP contribution in [-0.4, -0.2) is 30.2 Å². The first kappa shape index (κ1) is 19.4. The van der Waals surface area contributed by atoms with Gasteiger partial charge in [0.15, 0.2) is 5.13 Å². The van der Waals surface area contributed by atoms with E-state index in [2.05, 4.69) is 34.3 Å². The molecule has 148 valence electrons. The van der Waals surface area contributed by atoms with Crippen molar-refractivity contribution in [3.05, 3.63) is 57.3 Å². The molecule has 3 aromatic rings. The van der Waals surface area contributed by atoms with Crippen LogP contribution < -0.4 is 4.31 Å². The molecule has 6 nitrogen and oxygen atoms in total. The third kappa shape index (κ3) is 3.23. The van der Waals surface area contributed by atoms with Crippen LogP contribution in [0.2, 0.25) is 5.15 Å². The SMILES string of the molecule is Cc1nn(C)c(Cl)c1S(=O)(=O)N(C)c1nc2c(s1)CC(c1ccccc1)CC2. The summed E-state index contributed by atoms with van der Waals surface area (Å²) in [6.07, 6.45) is 2.76. The molecule has 9 heteroatoms. The van der Waals surface area contributed by atoms with Crippen molar-refractivity contribution in [3.63, 3.8) is 0 Å². The highest BCUT2D eigenvalue weighted by atomic mass is 35.5. The van der Waals surface area contributed by atoms with Crippen LogP contribution in [0.4, 0.5) is 5.13 Å². The number of rotatable bonds is 4. The normalized spacial score (nSPS) is 16.8. The molecule has 28 heavy (non-hydrogen) atoms. The Morgan fingerprint density at radius 2 is 2.00 bits per heavy atom. The lowest BCUT2D eigenvalue weighted by Crippen LogP contribution is -2.27. The first-order chi connectivity index (χ1) is 13.3. The maximum Gasteiger partial charge on any atom is 0.270 e. The summed E-state index contributed by atoms with van der Waals surface area (Å²) in [6.45, 7) is 1.64. The zero-order valence-corrected chi connectivity index (χ0v) is 18.3. The molecule has 2 heterocycles. The highest BCUT2D eigenvalue weighted by molar-refractivity contribution is 7.93. The number of aryl methyl sites for hydroxylation is 3. The standard InChI is InChI=1S/C19H21ClN4O2S2/c1-12-17(18(20)23(2)22-12)28(25,26)24(3)19-21-15-10-9-14(11-16(15)27-19)13-7-5-4-6-8-13/h4-8,14H,9-11H2,1-3H3. The molecule has 1 aliphatic carbocycles. The van der Waals surface area contributed by atoms with E-state index in [0.717, 1.165) is 29.8 Å². The molecule has 0 aliphatic heterocycles. The van der Waals surface area contributed by atoms with Crippen LogP contribution in [0, 0.1) is 6.92 Å². The first-order valence-corrected chi connectivity index (χ1v) is 11.6. The van der Waals surface area contributed by atoms with Crippen LogP contribution in [0.15, 0.2) is 35.2 Å². The summed E-state index contributed by atoms with van der Waals surface area (Å²) in [5, 5.41) is 4.70. The van der Waals surface area contributed by atoms with Gasteiger partial charge in [0.25, 0.3) is 10.0 Å². The Morgan fingerprint density at radius 1 is 1.29 bits per heavy atom. The fourth-order valence-electron chi connectivity index (χ4n) is 3.65. The lowest BCUT2D eigenvalue weighted by Gasteiger charge is -2.21. The van der Waals surface area contributed by atoms with Crippen molar-refractivity contribution < 1.29 is 8.42 Å². The van der Waals surface area contributed by atoms with Gasteiger partial charge in [-0.2, -0.15) is 5.10 Å². The van der Waals surface area contributed by atoms with Gasteiger partial charge in [-0.05, 0) is 37.7 Å². The zero-order chi connectivity index (χ0) is 20.1. The quantitative estimate of drug-likeness (QED) is 0.621. The number of aromatic nitrogens is 3. The molecule has 1 aromatic carbocycles. The number of nitrogens with zero attached hydrogens (tertiary/aromatic N) is 4. The molecule has 0 saturated heterocycles. The fraction of sp³-hybridized carbons (Fsp3) is 0.368. The molecule has 1 unspecified atom stereocenters. The Hall–Kier alpha value is -1.90. The third-order valence-corrected chi connectivity index (χ3v) is 8.94. The highest BCUT2D eigenvalue weighted by Crippen LogP contribution is 2.39. The molecule has 4 rings (SSSR count). The van der Waals surface area contributed by atoms with Gasteiger partial charge in [0.05, 0.1) is 11.4 Å². The predicted octanol–water partition coefficient (Wildman–Crippen LogP) is 3.94. The number of halogens is 1. The van der Waals surface area contributed by atoms with E-state index in [1.54, 1.807) is 14.0 Å². The summed E-state index contributed by atoms with van der Waals surface area (Å²) in [4.78, 5) is 5.83. The van der Waals surface area contributed by atoms with Crippen LogP contribution >= 0.6 is 22.9 Å². The number of thiazole rings is 1. The van der Waals surface area contributed by atoms with E-state index in [1.807, 2.05) is 6.07 Å². The fourth-order valence-corrected chi connectivity index (χ4v) is 6.86. The van der Waals surface area contributed by atoms with Crippen LogP contribution in [0.3, 0.4) is 0 Å². The Labute approximate surface area is 173 Å². The molecule has 1 atom stereocenters. The van der Waals surface area contributed by atoms with E-state index in [-0.39, 0.29) is 10.0 Å². The Kier molecular flexibility index (Phi) is 4.97. The summed E-state index contributed by atoms with van der Waals surface area (Å²) >= 11 is 7.64. The predicted molar refractivity (Wildman–Crippen MR) is 112 cm³/mol. The van der Waals surface area contributed by atoms with Crippen LogP contribution in [0.1, 0.15) is 34.2 Å². The Morgan fingerprint density at radius 3 is 2.64 bits per heavy atom. The summed E-state index contributed by atoms with van der Waals surface area (Å²) in [5.74, 6) is 0.443. The van der Waals surface area contributed by atoms with E-state index in [4.69, 9.17) is 11.6 Å². The van der Waals surface area contributed by atoms with Gasteiger partial charge in [0, 0.05) is 19.0 Å². The van der Waals surface area contributed by atoms with Crippen molar-refractivity contribution in [2.24, 2.45) is 7.05 Å². The zero-order valence-electron chi connectivity index (χ0n) is 15.9. The molecule has 0 saturated carbocycles. The molecule has 0 amide bonds. The minimum Gasteiger partial charge on any atom is -0.255 e. The molecular weight excluding hydrogens is 416 g/mol. The molecule has 0 radical (unpaired) electrons. The topological polar surface area (TPSA) is 68.1 Å². The lowest BCUT2D eigenvalue weighted by atomic mass is 9.85. The lowest BCUT2D eigenvalue weighted by molar-refractivity contribution is 0.584. The van der Waals surface area contributed by atoms with Gasteiger partial charge in [0.2, 0.25) is 0 Å². The summed E-state index contributed by atoms with van der Waals surface area (Å²) in [6, 6.07) is 10.4. The first-order valence-electron chi connectivity index (χ1n) is 9.00. The second-order valence-electron chi connectivity index (χ2n) is 7.02. The Balaban J connectivity index is 1.64. The summed E-state index contributed by atoms with van der Waals surface area (Å²) in [7, 11) is -0.682. The third-order valence-electron chi connectivity index (χ3n) is 5.19. The second kappa shape index (κ2) is 7.17. The molecule has 2 aromatic heterocycles. The number of sulfonamides is 1. The molecule has 0 N–H and O–H groups in total. The van der Waals surface area contributed by atoms with E-state index >= 15 is 0 Å². The van der Waals surface area contributed by atoms with Crippen molar-refractivity contribution in [3.8, 4) is 0 Å². The number of hydrogen-bond donors (Lipinski definition) is 0. The van der Waals surface area contributed by atoms with Gasteiger partial charge in [0.1, 0.15) is 10.0 Å². The van der Waals surface area contributed by atoms with Gasteiger partial charge in [-0.1, -0.05) is 41.9 Å². The van der Waals surface area contributed by atoms with E-state index in [0.29, 0.717) is 16.7 Å². The smallest absolute Gasteiger partial charge is 0.255 e. The number of fused-ring (bicyclic) bond motifs is 1. The van der Waals surface area contributed by atoms with E-state index < -0.39 is 10.0 Å². The summed E-state index contributed by atoms with van der Waals surface area (Å²) < 4.78 is 28.9. The van der Waals surface area contributed by atoms with Gasteiger partial charge < -0.3 is 0 Å². The van der Waals surface area contributed by atoms with E-state index in [1.165, 1.54) is 32.9 Å².